The van der Waals surface area contributed by atoms with Gasteiger partial charge < -0.3 is 10.5 Å². The van der Waals surface area contributed by atoms with Crippen LogP contribution in [0.3, 0.4) is 0 Å². The van der Waals surface area contributed by atoms with Crippen LogP contribution in [0, 0.1) is 0 Å². The minimum absolute atomic E-state index is 0.0851. The Morgan fingerprint density at radius 2 is 1.95 bits per heavy atom. The topological polar surface area (TPSA) is 38.5 Å². The molecule has 0 aliphatic heterocycles. The Balaban J connectivity index is 2.58. The van der Waals surface area contributed by atoms with E-state index >= 15 is 0 Å². The zero-order valence-electron chi connectivity index (χ0n) is 13.5. The number of nitrogens with two attached hydrogens (primary N) is 1. The van der Waals surface area contributed by atoms with Gasteiger partial charge in [0, 0.05) is 36.8 Å². The summed E-state index contributed by atoms with van der Waals surface area (Å²) in [7, 11) is 1.76. The van der Waals surface area contributed by atoms with E-state index in [1.165, 1.54) is 18.4 Å². The molecule has 0 heterocycles. The largest absolute Gasteiger partial charge is 0.383 e. The molecule has 2 N–H and O–H groups in total. The molecule has 0 aliphatic rings. The molecule has 0 bridgehead atoms. The minimum atomic E-state index is 0.0851. The Hall–Kier alpha value is -0.420. The first-order valence-electron chi connectivity index (χ1n) is 7.86. The van der Waals surface area contributed by atoms with Gasteiger partial charge in [-0.1, -0.05) is 41.9 Å². The fourth-order valence-corrected chi connectivity index (χ4v) is 3.12. The van der Waals surface area contributed by atoms with Crippen LogP contribution in [0.5, 0.6) is 0 Å². The molecule has 4 heteroatoms. The summed E-state index contributed by atoms with van der Waals surface area (Å²) in [6.45, 7) is 7.28. The van der Waals surface area contributed by atoms with Gasteiger partial charge in [-0.15, -0.1) is 0 Å². The molecular weight excluding hydrogens is 328 g/mol. The lowest BCUT2D eigenvalue weighted by Gasteiger charge is -2.31. The Morgan fingerprint density at radius 3 is 2.52 bits per heavy atom. The summed E-state index contributed by atoms with van der Waals surface area (Å²) in [4.78, 5) is 2.52. The molecule has 0 aliphatic carbocycles. The summed E-state index contributed by atoms with van der Waals surface area (Å²) >= 11 is 3.51. The van der Waals surface area contributed by atoms with Crippen LogP contribution >= 0.6 is 15.9 Å². The van der Waals surface area contributed by atoms with Gasteiger partial charge in [0.25, 0.3) is 0 Å². The van der Waals surface area contributed by atoms with Gasteiger partial charge in [-0.05, 0) is 37.0 Å². The Morgan fingerprint density at radius 1 is 1.24 bits per heavy atom. The van der Waals surface area contributed by atoms with E-state index in [1.54, 1.807) is 7.11 Å². The second kappa shape index (κ2) is 10.3. The summed E-state index contributed by atoms with van der Waals surface area (Å²) in [5.74, 6) is 0. The molecule has 120 valence electrons. The molecule has 0 saturated carbocycles. The number of rotatable bonds is 10. The predicted molar refractivity (Wildman–Crippen MR) is 93.5 cm³/mol. The average molecular weight is 357 g/mol. The highest BCUT2D eigenvalue weighted by Crippen LogP contribution is 2.20. The van der Waals surface area contributed by atoms with Gasteiger partial charge in [-0.25, -0.2) is 0 Å². The molecule has 0 fully saturated rings. The second-order valence-corrected chi connectivity index (χ2v) is 6.36. The van der Waals surface area contributed by atoms with Crippen LogP contribution in [-0.4, -0.2) is 37.7 Å². The molecule has 3 nitrogen and oxygen atoms in total. The van der Waals surface area contributed by atoms with Gasteiger partial charge in [-0.3, -0.25) is 4.90 Å². The first kappa shape index (κ1) is 18.6. The molecule has 1 unspecified atom stereocenters. The van der Waals surface area contributed by atoms with E-state index in [2.05, 4.69) is 46.8 Å². The first-order chi connectivity index (χ1) is 10.1. The zero-order valence-corrected chi connectivity index (χ0v) is 15.1. The fraction of sp³-hybridized carbons (Fsp3) is 0.647. The zero-order chi connectivity index (χ0) is 15.7. The quantitative estimate of drug-likeness (QED) is 0.689. The van der Waals surface area contributed by atoms with Crippen LogP contribution in [0.1, 0.15) is 44.7 Å². The maximum absolute atomic E-state index is 6.35. The molecule has 0 amide bonds. The third-order valence-electron chi connectivity index (χ3n) is 4.05. The lowest BCUT2D eigenvalue weighted by Crippen LogP contribution is -2.38. The van der Waals surface area contributed by atoms with Crippen molar-refractivity contribution in [3.63, 3.8) is 0 Å². The number of hydrogen-bond acceptors (Lipinski definition) is 3. The van der Waals surface area contributed by atoms with E-state index in [4.69, 9.17) is 10.5 Å². The normalized spacial score (nSPS) is 13.1. The van der Waals surface area contributed by atoms with Crippen molar-refractivity contribution in [3.8, 4) is 0 Å². The lowest BCUT2D eigenvalue weighted by molar-refractivity contribution is 0.112. The first-order valence-corrected chi connectivity index (χ1v) is 8.65. The molecule has 21 heavy (non-hydrogen) atoms. The summed E-state index contributed by atoms with van der Waals surface area (Å²) in [5, 5.41) is 0. The van der Waals surface area contributed by atoms with Crippen molar-refractivity contribution in [2.24, 2.45) is 5.73 Å². The van der Waals surface area contributed by atoms with Crippen molar-refractivity contribution in [2.45, 2.75) is 45.2 Å². The minimum Gasteiger partial charge on any atom is -0.383 e. The van der Waals surface area contributed by atoms with Crippen molar-refractivity contribution >= 4 is 15.9 Å². The molecule has 1 rings (SSSR count). The van der Waals surface area contributed by atoms with Crippen LogP contribution in [0.15, 0.2) is 28.7 Å². The molecule has 1 aromatic rings. The number of ether oxygens (including phenoxy) is 1. The number of nitrogens with zero attached hydrogens (tertiary/aromatic N) is 1. The van der Waals surface area contributed by atoms with Crippen LogP contribution in [0.2, 0.25) is 0 Å². The lowest BCUT2D eigenvalue weighted by atomic mass is 10.0. The summed E-state index contributed by atoms with van der Waals surface area (Å²) in [5.41, 5.74) is 7.54. The van der Waals surface area contributed by atoms with Crippen molar-refractivity contribution in [1.82, 2.24) is 4.90 Å². The Bertz CT molecular complexity index is 396. The number of halogens is 1. The van der Waals surface area contributed by atoms with Crippen molar-refractivity contribution in [3.05, 3.63) is 34.3 Å². The average Bonchev–Trinajstić information content (AvgIpc) is 2.50. The number of benzene rings is 1. The van der Waals surface area contributed by atoms with Gasteiger partial charge >= 0.3 is 0 Å². The van der Waals surface area contributed by atoms with E-state index in [0.717, 1.165) is 30.6 Å². The highest BCUT2D eigenvalue weighted by molar-refractivity contribution is 9.10. The summed E-state index contributed by atoms with van der Waals surface area (Å²) in [6, 6.07) is 9.00. The van der Waals surface area contributed by atoms with Gasteiger partial charge in [0.15, 0.2) is 0 Å². The molecule has 1 aromatic carbocycles. The van der Waals surface area contributed by atoms with E-state index in [-0.39, 0.29) is 6.04 Å². The van der Waals surface area contributed by atoms with Crippen LogP contribution < -0.4 is 5.73 Å². The molecular formula is C17H29BrN2O. The molecule has 1 atom stereocenters. The number of hydrogen-bond donors (Lipinski definition) is 1. The summed E-state index contributed by atoms with van der Waals surface area (Å²) < 4.78 is 6.33. The smallest absolute Gasteiger partial charge is 0.0589 e. The molecule has 0 aromatic heterocycles. The monoisotopic (exact) mass is 356 g/mol. The molecule has 0 spiro atoms. The van der Waals surface area contributed by atoms with E-state index < -0.39 is 0 Å². The van der Waals surface area contributed by atoms with Crippen molar-refractivity contribution < 1.29 is 4.74 Å². The van der Waals surface area contributed by atoms with Gasteiger partial charge in [0.1, 0.15) is 0 Å². The maximum Gasteiger partial charge on any atom is 0.0589 e. The summed E-state index contributed by atoms with van der Waals surface area (Å²) in [6.07, 6.45) is 3.31. The van der Waals surface area contributed by atoms with Crippen molar-refractivity contribution in [1.29, 1.82) is 0 Å². The molecule has 0 saturated heterocycles. The predicted octanol–water partition coefficient (Wildman–Crippen LogP) is 3.98. The molecule has 0 radical (unpaired) electrons. The van der Waals surface area contributed by atoms with Crippen LogP contribution in [0.4, 0.5) is 0 Å². The van der Waals surface area contributed by atoms with E-state index in [1.807, 2.05) is 12.1 Å². The van der Waals surface area contributed by atoms with Gasteiger partial charge in [-0.2, -0.15) is 0 Å². The van der Waals surface area contributed by atoms with Gasteiger partial charge in [0.05, 0.1) is 6.61 Å². The van der Waals surface area contributed by atoms with Crippen LogP contribution in [-0.2, 0) is 4.74 Å². The fourth-order valence-electron chi connectivity index (χ4n) is 2.70. The van der Waals surface area contributed by atoms with E-state index in [0.29, 0.717) is 6.04 Å². The number of methoxy groups -OCH3 is 1. The Kier molecular flexibility index (Phi) is 9.16. The third kappa shape index (κ3) is 6.47. The standard InChI is InChI=1S/C17H29BrN2O/c1-4-16(5-2)20(11-12-21-3)10-9-17(19)14-7-6-8-15(18)13-14/h6-8,13,16-17H,4-5,9-12,19H2,1-3H3. The SMILES string of the molecule is CCC(CC)N(CCOC)CCC(N)c1cccc(Br)c1. The highest BCUT2D eigenvalue weighted by Gasteiger charge is 2.16. The van der Waals surface area contributed by atoms with Crippen molar-refractivity contribution in [2.75, 3.05) is 26.8 Å². The van der Waals surface area contributed by atoms with Gasteiger partial charge in [0.2, 0.25) is 0 Å². The Labute approximate surface area is 138 Å². The maximum atomic E-state index is 6.35. The van der Waals surface area contributed by atoms with E-state index in [9.17, 15) is 0 Å². The highest BCUT2D eigenvalue weighted by atomic mass is 79.9. The third-order valence-corrected chi connectivity index (χ3v) is 4.54. The van der Waals surface area contributed by atoms with Crippen LogP contribution in [0.25, 0.3) is 0 Å². The second-order valence-electron chi connectivity index (χ2n) is 5.45.